The van der Waals surface area contributed by atoms with Crippen LogP contribution >= 0.6 is 0 Å². The first-order valence-electron chi connectivity index (χ1n) is 6.10. The summed E-state index contributed by atoms with van der Waals surface area (Å²) in [5.41, 5.74) is -6.08. The van der Waals surface area contributed by atoms with Gasteiger partial charge in [0.05, 0.1) is 17.7 Å². The molecule has 9 heteroatoms. The minimum Gasteiger partial charge on any atom is -0.238 e. The Labute approximate surface area is 130 Å². The maximum atomic E-state index is 13.9. The smallest absolute Gasteiger partial charge is 0.238 e. The fourth-order valence-electron chi connectivity index (χ4n) is 2.11. The van der Waals surface area contributed by atoms with Gasteiger partial charge in [0, 0.05) is 11.6 Å². The number of hydrogen-bond acceptors (Lipinski definition) is 0. The normalized spacial score (nSPS) is 12.1. The predicted molar refractivity (Wildman–Crippen MR) is 68.1 cm³/mol. The molecule has 1 nitrogen and oxygen atoms in total. The molecule has 0 N–H and O–H groups in total. The van der Waals surface area contributed by atoms with Crippen molar-refractivity contribution in [1.29, 1.82) is 0 Å². The van der Waals surface area contributed by atoms with Crippen molar-refractivity contribution in [3.8, 4) is 11.1 Å². The number of rotatable bonds is 1. The Balaban J connectivity index is 2.81. The Morgan fingerprint density at radius 2 is 1.38 bits per heavy atom. The summed E-state index contributed by atoms with van der Waals surface area (Å²) in [7, 11) is 0. The van der Waals surface area contributed by atoms with E-state index < -0.39 is 51.9 Å². The molecule has 0 aromatic heterocycles. The van der Waals surface area contributed by atoms with E-state index in [2.05, 4.69) is 4.85 Å². The second kappa shape index (κ2) is 5.78. The zero-order valence-corrected chi connectivity index (χ0v) is 11.4. The first-order chi connectivity index (χ1) is 10.9. The number of alkyl halides is 6. The molecule has 0 aliphatic carbocycles. The molecule has 0 aliphatic heterocycles. The Bertz CT molecular complexity index is 827. The summed E-state index contributed by atoms with van der Waals surface area (Å²) >= 11 is 0. The van der Waals surface area contributed by atoms with E-state index >= 15 is 0 Å². The molecule has 0 spiro atoms. The zero-order chi connectivity index (χ0) is 18.3. The van der Waals surface area contributed by atoms with Gasteiger partial charge in [0.1, 0.15) is 11.6 Å². The van der Waals surface area contributed by atoms with Gasteiger partial charge < -0.3 is 0 Å². The Morgan fingerprint density at radius 3 is 1.88 bits per heavy atom. The average molecular weight is 351 g/mol. The number of benzene rings is 2. The highest BCUT2D eigenvalue weighted by Crippen LogP contribution is 2.43. The second-order valence-corrected chi connectivity index (χ2v) is 4.65. The van der Waals surface area contributed by atoms with Gasteiger partial charge in [-0.25, -0.2) is 13.6 Å². The first-order valence-corrected chi connectivity index (χ1v) is 6.10. The van der Waals surface area contributed by atoms with Crippen molar-refractivity contribution >= 4 is 5.69 Å². The topological polar surface area (TPSA) is 4.36 Å². The van der Waals surface area contributed by atoms with Crippen molar-refractivity contribution < 1.29 is 35.1 Å². The number of hydrogen-bond donors (Lipinski definition) is 0. The molecular formula is C15H5F8N. The van der Waals surface area contributed by atoms with Crippen molar-refractivity contribution in [2.45, 2.75) is 12.4 Å². The van der Waals surface area contributed by atoms with Crippen LogP contribution < -0.4 is 0 Å². The SMILES string of the molecule is [C-]#[N+]c1ccc(-c2c(F)cc(F)cc2C(F)(F)F)cc1C(F)(F)F. The largest absolute Gasteiger partial charge is 0.417 e. The van der Waals surface area contributed by atoms with Crippen LogP contribution in [0.15, 0.2) is 30.3 Å². The molecule has 126 valence electrons. The lowest BCUT2D eigenvalue weighted by Gasteiger charge is -2.16. The Kier molecular flexibility index (Phi) is 4.27. The summed E-state index contributed by atoms with van der Waals surface area (Å²) in [6, 6.07) is 1.75. The van der Waals surface area contributed by atoms with Crippen LogP contribution in [-0.2, 0) is 12.4 Å². The molecule has 0 amide bonds. The van der Waals surface area contributed by atoms with Crippen LogP contribution in [0.3, 0.4) is 0 Å². The molecule has 0 radical (unpaired) electrons. The average Bonchev–Trinajstić information content (AvgIpc) is 2.44. The number of halogens is 8. The molecule has 2 aromatic rings. The van der Waals surface area contributed by atoms with E-state index in [0.717, 1.165) is 6.07 Å². The molecule has 2 rings (SSSR count). The minimum absolute atomic E-state index is 0.00551. The molecule has 0 heterocycles. The van der Waals surface area contributed by atoms with Gasteiger partial charge in [0.2, 0.25) is 0 Å². The lowest BCUT2D eigenvalue weighted by atomic mass is 9.96. The van der Waals surface area contributed by atoms with Gasteiger partial charge in [0.15, 0.2) is 5.69 Å². The van der Waals surface area contributed by atoms with Crippen molar-refractivity contribution in [2.24, 2.45) is 0 Å². The van der Waals surface area contributed by atoms with E-state index in [4.69, 9.17) is 6.57 Å². The Morgan fingerprint density at radius 1 is 0.792 bits per heavy atom. The van der Waals surface area contributed by atoms with E-state index in [-0.39, 0.29) is 18.2 Å². The van der Waals surface area contributed by atoms with Crippen LogP contribution in [-0.4, -0.2) is 0 Å². The molecule has 0 fully saturated rings. The summed E-state index contributed by atoms with van der Waals surface area (Å²) in [6.45, 7) is 6.67. The monoisotopic (exact) mass is 351 g/mol. The van der Waals surface area contributed by atoms with Crippen LogP contribution in [0.2, 0.25) is 0 Å². The van der Waals surface area contributed by atoms with Gasteiger partial charge in [-0.15, -0.1) is 0 Å². The summed E-state index contributed by atoms with van der Waals surface area (Å²) in [6.07, 6.45) is -10.2. The Hall–Kier alpha value is -2.63. The molecule has 0 saturated heterocycles. The van der Waals surface area contributed by atoms with Crippen LogP contribution in [0.25, 0.3) is 16.0 Å². The van der Waals surface area contributed by atoms with Crippen molar-refractivity contribution in [3.05, 3.63) is 64.5 Å². The fraction of sp³-hybridized carbons (Fsp3) is 0.133. The second-order valence-electron chi connectivity index (χ2n) is 4.65. The van der Waals surface area contributed by atoms with Crippen LogP contribution in [0.1, 0.15) is 11.1 Å². The molecule has 2 aromatic carbocycles. The molecule has 0 unspecified atom stereocenters. The maximum Gasteiger partial charge on any atom is 0.417 e. The highest BCUT2D eigenvalue weighted by molar-refractivity contribution is 5.73. The summed E-state index contributed by atoms with van der Waals surface area (Å²) in [5, 5.41) is 0. The van der Waals surface area contributed by atoms with E-state index in [9.17, 15) is 35.1 Å². The lowest BCUT2D eigenvalue weighted by Crippen LogP contribution is -2.10. The molecule has 0 atom stereocenters. The fourth-order valence-corrected chi connectivity index (χ4v) is 2.11. The third-order valence-electron chi connectivity index (χ3n) is 3.07. The van der Waals surface area contributed by atoms with E-state index in [1.807, 2.05) is 0 Å². The molecular weight excluding hydrogens is 346 g/mol. The van der Waals surface area contributed by atoms with Gasteiger partial charge in [-0.05, 0) is 11.6 Å². The third-order valence-corrected chi connectivity index (χ3v) is 3.07. The molecule has 24 heavy (non-hydrogen) atoms. The highest BCUT2D eigenvalue weighted by Gasteiger charge is 2.38. The zero-order valence-electron chi connectivity index (χ0n) is 11.4. The van der Waals surface area contributed by atoms with Gasteiger partial charge in [-0.2, -0.15) is 26.3 Å². The number of nitrogens with zero attached hydrogens (tertiary/aromatic N) is 1. The first kappa shape index (κ1) is 17.7. The molecule has 0 aliphatic rings. The standard InChI is InChI=1S/C15H5F8N/c1-24-12-3-2-7(4-9(12)14(18,19)20)13-10(15(21,22)23)5-8(16)6-11(13)17/h2-6H. The van der Waals surface area contributed by atoms with Crippen LogP contribution in [0, 0.1) is 18.2 Å². The van der Waals surface area contributed by atoms with Gasteiger partial charge in [-0.3, -0.25) is 0 Å². The van der Waals surface area contributed by atoms with Crippen LogP contribution in [0.5, 0.6) is 0 Å². The summed E-state index contributed by atoms with van der Waals surface area (Å²) in [5.74, 6) is -3.18. The third kappa shape index (κ3) is 3.32. The van der Waals surface area contributed by atoms with Gasteiger partial charge in [0.25, 0.3) is 0 Å². The van der Waals surface area contributed by atoms with Crippen molar-refractivity contribution in [1.82, 2.24) is 0 Å². The summed E-state index contributed by atoms with van der Waals surface area (Å²) in [4.78, 5) is 2.63. The highest BCUT2D eigenvalue weighted by atomic mass is 19.4. The van der Waals surface area contributed by atoms with Crippen molar-refractivity contribution in [2.75, 3.05) is 0 Å². The predicted octanol–water partition coefficient (Wildman–Crippen LogP) is 6.22. The van der Waals surface area contributed by atoms with Gasteiger partial charge >= 0.3 is 12.4 Å². The molecule has 0 bridgehead atoms. The maximum absolute atomic E-state index is 13.9. The summed E-state index contributed by atoms with van der Waals surface area (Å²) < 4.78 is 105. The van der Waals surface area contributed by atoms with E-state index in [1.165, 1.54) is 0 Å². The minimum atomic E-state index is -5.19. The van der Waals surface area contributed by atoms with Crippen molar-refractivity contribution in [3.63, 3.8) is 0 Å². The van der Waals surface area contributed by atoms with Gasteiger partial charge in [-0.1, -0.05) is 18.2 Å². The van der Waals surface area contributed by atoms with E-state index in [1.54, 1.807) is 0 Å². The molecule has 0 saturated carbocycles. The quantitative estimate of drug-likeness (QED) is 0.424. The van der Waals surface area contributed by atoms with Crippen LogP contribution in [0.4, 0.5) is 40.8 Å². The van der Waals surface area contributed by atoms with E-state index in [0.29, 0.717) is 6.07 Å². The lowest BCUT2D eigenvalue weighted by molar-refractivity contribution is -0.137.